The number of aromatic hydroxyl groups is 1. The summed E-state index contributed by atoms with van der Waals surface area (Å²) in [7, 11) is 0. The smallest absolute Gasteiger partial charge is 0.215 e. The van der Waals surface area contributed by atoms with Crippen LogP contribution in [0.25, 0.3) is 0 Å². The van der Waals surface area contributed by atoms with Crippen molar-refractivity contribution in [2.75, 3.05) is 6.54 Å². The molecule has 1 aromatic heterocycles. The molecule has 2 rings (SSSR count). The average Bonchev–Trinajstić information content (AvgIpc) is 2.06. The van der Waals surface area contributed by atoms with Crippen LogP contribution in [0.3, 0.4) is 0 Å². The molecular weight excluding hydrogens is 140 g/mol. The van der Waals surface area contributed by atoms with Crippen molar-refractivity contribution in [3.63, 3.8) is 0 Å². The fourth-order valence-electron chi connectivity index (χ4n) is 1.38. The lowest BCUT2D eigenvalue weighted by Crippen LogP contribution is -2.23. The molecule has 0 spiro atoms. The minimum Gasteiger partial charge on any atom is -0.493 e. The largest absolute Gasteiger partial charge is 0.493 e. The molecular formula is C8H10N2O. The van der Waals surface area contributed by atoms with Crippen molar-refractivity contribution in [1.29, 1.82) is 0 Å². The zero-order valence-electron chi connectivity index (χ0n) is 6.17. The van der Waals surface area contributed by atoms with Crippen LogP contribution in [-0.4, -0.2) is 16.6 Å². The lowest BCUT2D eigenvalue weighted by molar-refractivity contribution is 0.437. The molecule has 3 heteroatoms. The number of aromatic nitrogens is 1. The molecule has 1 aliphatic rings. The van der Waals surface area contributed by atoms with Gasteiger partial charge in [0.15, 0.2) is 0 Å². The molecule has 3 nitrogen and oxygen atoms in total. The van der Waals surface area contributed by atoms with Gasteiger partial charge in [0, 0.05) is 18.3 Å². The van der Waals surface area contributed by atoms with Gasteiger partial charge in [0.2, 0.25) is 5.88 Å². The zero-order chi connectivity index (χ0) is 7.68. The third-order valence-electron chi connectivity index (χ3n) is 2.00. The summed E-state index contributed by atoms with van der Waals surface area (Å²) in [5.74, 6) is 0.176. The number of hydrogen-bond donors (Lipinski definition) is 2. The van der Waals surface area contributed by atoms with E-state index in [0.29, 0.717) is 0 Å². The van der Waals surface area contributed by atoms with E-state index in [1.807, 2.05) is 6.07 Å². The first-order chi connectivity index (χ1) is 5.38. The summed E-state index contributed by atoms with van der Waals surface area (Å²) < 4.78 is 0. The molecule has 0 bridgehead atoms. The molecule has 11 heavy (non-hydrogen) atoms. The lowest BCUT2D eigenvalue weighted by atomic mass is 10.0. The Balaban J connectivity index is 2.49. The van der Waals surface area contributed by atoms with Crippen LogP contribution in [-0.2, 0) is 13.0 Å². The van der Waals surface area contributed by atoms with E-state index < -0.39 is 0 Å². The summed E-state index contributed by atoms with van der Waals surface area (Å²) in [6.07, 6.45) is 2.64. The normalized spacial score (nSPS) is 16.0. The molecule has 0 atom stereocenters. The maximum absolute atomic E-state index is 9.31. The highest BCUT2D eigenvalue weighted by Gasteiger charge is 2.11. The van der Waals surface area contributed by atoms with E-state index in [0.717, 1.165) is 25.1 Å². The van der Waals surface area contributed by atoms with E-state index in [1.54, 1.807) is 6.20 Å². The van der Waals surface area contributed by atoms with Crippen LogP contribution in [0, 0.1) is 0 Å². The summed E-state index contributed by atoms with van der Waals surface area (Å²) in [6, 6.07) is 1.97. The van der Waals surface area contributed by atoms with Crippen molar-refractivity contribution < 1.29 is 5.11 Å². The second kappa shape index (κ2) is 2.51. The molecule has 0 aliphatic carbocycles. The molecule has 2 heterocycles. The Morgan fingerprint density at radius 3 is 3.27 bits per heavy atom. The van der Waals surface area contributed by atoms with E-state index in [2.05, 4.69) is 10.3 Å². The maximum atomic E-state index is 9.31. The van der Waals surface area contributed by atoms with Crippen molar-refractivity contribution in [1.82, 2.24) is 10.3 Å². The summed E-state index contributed by atoms with van der Waals surface area (Å²) in [6.45, 7) is 1.74. The Hall–Kier alpha value is -1.09. The average molecular weight is 150 g/mol. The third kappa shape index (κ3) is 1.07. The van der Waals surface area contributed by atoms with Crippen LogP contribution in [0.15, 0.2) is 12.3 Å². The molecule has 1 aromatic rings. The minimum atomic E-state index is 0.176. The Morgan fingerprint density at radius 2 is 2.45 bits per heavy atom. The fraction of sp³-hybridized carbons (Fsp3) is 0.375. The molecule has 58 valence electrons. The van der Waals surface area contributed by atoms with Crippen LogP contribution in [0.5, 0.6) is 5.88 Å². The Morgan fingerprint density at radius 1 is 1.55 bits per heavy atom. The van der Waals surface area contributed by atoms with Crippen molar-refractivity contribution in [3.05, 3.63) is 23.4 Å². The topological polar surface area (TPSA) is 45.2 Å². The number of rotatable bonds is 0. The zero-order valence-corrected chi connectivity index (χ0v) is 6.17. The van der Waals surface area contributed by atoms with Crippen LogP contribution < -0.4 is 5.32 Å². The first kappa shape index (κ1) is 6.61. The molecule has 0 saturated heterocycles. The van der Waals surface area contributed by atoms with E-state index >= 15 is 0 Å². The van der Waals surface area contributed by atoms with Gasteiger partial charge in [-0.25, -0.2) is 4.98 Å². The van der Waals surface area contributed by atoms with Gasteiger partial charge in [-0.1, -0.05) is 0 Å². The summed E-state index contributed by atoms with van der Waals surface area (Å²) >= 11 is 0. The number of hydrogen-bond acceptors (Lipinski definition) is 3. The van der Waals surface area contributed by atoms with Gasteiger partial charge in [-0.3, -0.25) is 0 Å². The van der Waals surface area contributed by atoms with E-state index in [-0.39, 0.29) is 5.88 Å². The highest BCUT2D eigenvalue weighted by Crippen LogP contribution is 2.20. The third-order valence-corrected chi connectivity index (χ3v) is 2.00. The van der Waals surface area contributed by atoms with Crippen molar-refractivity contribution in [3.8, 4) is 5.88 Å². The van der Waals surface area contributed by atoms with E-state index in [9.17, 15) is 5.11 Å². The quantitative estimate of drug-likeness (QED) is 0.564. The summed E-state index contributed by atoms with van der Waals surface area (Å²) in [5.41, 5.74) is 2.18. The monoisotopic (exact) mass is 150 g/mol. The van der Waals surface area contributed by atoms with Gasteiger partial charge in [-0.05, 0) is 24.6 Å². The molecule has 0 amide bonds. The standard InChI is InChI=1S/C8H10N2O/c11-8-7-5-9-3-1-6(7)2-4-10-8/h2,4,9H,1,3,5H2,(H,10,11). The molecule has 0 aromatic carbocycles. The molecule has 0 radical (unpaired) electrons. The van der Waals surface area contributed by atoms with Gasteiger partial charge >= 0.3 is 0 Å². The number of nitrogens with zero attached hydrogens (tertiary/aromatic N) is 1. The Labute approximate surface area is 65.1 Å². The number of fused-ring (bicyclic) bond motifs is 1. The van der Waals surface area contributed by atoms with Crippen LogP contribution in [0.2, 0.25) is 0 Å². The predicted molar refractivity (Wildman–Crippen MR) is 41.3 cm³/mol. The van der Waals surface area contributed by atoms with Crippen LogP contribution >= 0.6 is 0 Å². The number of pyridine rings is 1. The Kier molecular flexibility index (Phi) is 1.51. The number of nitrogens with one attached hydrogen (secondary N) is 1. The molecule has 2 N–H and O–H groups in total. The van der Waals surface area contributed by atoms with E-state index in [4.69, 9.17) is 0 Å². The fourth-order valence-corrected chi connectivity index (χ4v) is 1.38. The second-order valence-electron chi connectivity index (χ2n) is 2.70. The first-order valence-corrected chi connectivity index (χ1v) is 3.74. The molecule has 0 fully saturated rings. The maximum Gasteiger partial charge on any atom is 0.215 e. The highest BCUT2D eigenvalue weighted by atomic mass is 16.3. The van der Waals surface area contributed by atoms with Crippen molar-refractivity contribution in [2.45, 2.75) is 13.0 Å². The van der Waals surface area contributed by atoms with Gasteiger partial charge < -0.3 is 10.4 Å². The van der Waals surface area contributed by atoms with Gasteiger partial charge in [-0.2, -0.15) is 0 Å². The second-order valence-corrected chi connectivity index (χ2v) is 2.70. The van der Waals surface area contributed by atoms with Crippen LogP contribution in [0.1, 0.15) is 11.1 Å². The van der Waals surface area contributed by atoms with Crippen molar-refractivity contribution >= 4 is 0 Å². The minimum absolute atomic E-state index is 0.176. The van der Waals surface area contributed by atoms with Gasteiger partial charge in [-0.15, -0.1) is 0 Å². The van der Waals surface area contributed by atoms with Gasteiger partial charge in [0.1, 0.15) is 0 Å². The first-order valence-electron chi connectivity index (χ1n) is 3.74. The van der Waals surface area contributed by atoms with Gasteiger partial charge in [0.05, 0.1) is 0 Å². The summed E-state index contributed by atoms with van der Waals surface area (Å²) in [5, 5.41) is 12.5. The van der Waals surface area contributed by atoms with Crippen LogP contribution in [0.4, 0.5) is 0 Å². The SMILES string of the molecule is Oc1nccc2c1CNCC2. The molecule has 0 saturated carbocycles. The summed E-state index contributed by atoms with van der Waals surface area (Å²) in [4.78, 5) is 3.81. The lowest BCUT2D eigenvalue weighted by Gasteiger charge is -2.16. The van der Waals surface area contributed by atoms with Gasteiger partial charge in [0.25, 0.3) is 0 Å². The Bertz CT molecular complexity index is 273. The predicted octanol–water partition coefficient (Wildman–Crippen LogP) is 0.433. The molecule has 1 aliphatic heterocycles. The highest BCUT2D eigenvalue weighted by molar-refractivity contribution is 5.34. The van der Waals surface area contributed by atoms with Crippen molar-refractivity contribution in [2.24, 2.45) is 0 Å². The molecule has 0 unspecified atom stereocenters. The van der Waals surface area contributed by atoms with E-state index in [1.165, 1.54) is 5.56 Å².